The normalized spacial score (nSPS) is 19.2. The molecule has 0 aromatic heterocycles. The minimum atomic E-state index is -4.57. The predicted octanol–water partition coefficient (Wildman–Crippen LogP) is 1.44. The van der Waals surface area contributed by atoms with Crippen molar-refractivity contribution >= 4 is 5.91 Å². The molecule has 3 nitrogen and oxygen atoms in total. The predicted molar refractivity (Wildman–Crippen MR) is 54.2 cm³/mol. The number of carbonyl (C=O) groups is 1. The van der Waals surface area contributed by atoms with Crippen LogP contribution in [0.15, 0.2) is 0 Å². The molecular weight excluding hydrogens is 240 g/mol. The number of alkyl halides is 4. The number of hydrogen-bond acceptors (Lipinski definition) is 2. The maximum Gasteiger partial charge on any atom is 0.383 e. The summed E-state index contributed by atoms with van der Waals surface area (Å²) in [6, 6.07) is 0.253. The first-order valence-electron chi connectivity index (χ1n) is 5.46. The van der Waals surface area contributed by atoms with Gasteiger partial charge in [0, 0.05) is 32.2 Å². The van der Waals surface area contributed by atoms with E-state index in [-0.39, 0.29) is 19.1 Å². The first kappa shape index (κ1) is 14.2. The van der Waals surface area contributed by atoms with Crippen LogP contribution in [0, 0.1) is 0 Å². The Morgan fingerprint density at radius 1 is 1.12 bits per heavy atom. The molecule has 1 heterocycles. The maximum absolute atomic E-state index is 12.8. The Labute approximate surface area is 97.4 Å². The molecule has 0 aromatic rings. The highest BCUT2D eigenvalue weighted by Crippen LogP contribution is 2.26. The summed E-state index contributed by atoms with van der Waals surface area (Å²) in [6.45, 7) is 4.90. The zero-order valence-electron chi connectivity index (χ0n) is 9.80. The zero-order valence-corrected chi connectivity index (χ0v) is 9.80. The Hall–Kier alpha value is -0.850. The summed E-state index contributed by atoms with van der Waals surface area (Å²) in [5.74, 6) is -6.34. The molecule has 0 radical (unpaired) electrons. The standard InChI is InChI=1S/C10H16F4N2O/c1-7(2)15-3-5-16(6-4-15)9(17)10(13,14)8(11)12/h7-8H,3-6H2,1-2H3. The van der Waals surface area contributed by atoms with Gasteiger partial charge in [-0.15, -0.1) is 0 Å². The van der Waals surface area contributed by atoms with Crippen LogP contribution in [0.4, 0.5) is 17.6 Å². The van der Waals surface area contributed by atoms with Crippen LogP contribution in [0.2, 0.25) is 0 Å². The second kappa shape index (κ2) is 5.20. The van der Waals surface area contributed by atoms with E-state index in [1.165, 1.54) is 0 Å². The van der Waals surface area contributed by atoms with Crippen molar-refractivity contribution in [1.29, 1.82) is 0 Å². The molecule has 100 valence electrons. The lowest BCUT2D eigenvalue weighted by Crippen LogP contribution is -2.56. The molecule has 1 rings (SSSR count). The summed E-state index contributed by atoms with van der Waals surface area (Å²) in [6.07, 6.45) is -3.95. The monoisotopic (exact) mass is 256 g/mol. The number of halogens is 4. The first-order valence-corrected chi connectivity index (χ1v) is 5.46. The van der Waals surface area contributed by atoms with Gasteiger partial charge in [-0.1, -0.05) is 0 Å². The third-order valence-electron chi connectivity index (χ3n) is 2.89. The first-order chi connectivity index (χ1) is 7.76. The van der Waals surface area contributed by atoms with Gasteiger partial charge in [-0.3, -0.25) is 9.69 Å². The van der Waals surface area contributed by atoms with Crippen molar-refractivity contribution in [1.82, 2.24) is 9.80 Å². The van der Waals surface area contributed by atoms with Crippen LogP contribution in [-0.2, 0) is 4.79 Å². The van der Waals surface area contributed by atoms with E-state index in [1.54, 1.807) is 0 Å². The van der Waals surface area contributed by atoms with Crippen molar-refractivity contribution < 1.29 is 22.4 Å². The Morgan fingerprint density at radius 3 is 1.94 bits per heavy atom. The molecule has 0 N–H and O–H groups in total. The summed E-state index contributed by atoms with van der Waals surface area (Å²) < 4.78 is 49.7. The van der Waals surface area contributed by atoms with Gasteiger partial charge in [0.25, 0.3) is 5.91 Å². The molecule has 0 aromatic carbocycles. The molecule has 0 unspecified atom stereocenters. The average molecular weight is 256 g/mol. The van der Waals surface area contributed by atoms with Crippen LogP contribution in [0.5, 0.6) is 0 Å². The fourth-order valence-electron chi connectivity index (χ4n) is 1.75. The van der Waals surface area contributed by atoms with Crippen molar-refractivity contribution in [2.45, 2.75) is 32.2 Å². The molecule has 0 saturated carbocycles. The fourth-order valence-corrected chi connectivity index (χ4v) is 1.75. The van der Waals surface area contributed by atoms with E-state index in [4.69, 9.17) is 0 Å². The van der Waals surface area contributed by atoms with Gasteiger partial charge in [-0.05, 0) is 13.8 Å². The molecule has 0 spiro atoms. The molecule has 1 aliphatic heterocycles. The Balaban J connectivity index is 2.57. The van der Waals surface area contributed by atoms with E-state index in [0.29, 0.717) is 13.1 Å². The SMILES string of the molecule is CC(C)N1CCN(C(=O)C(F)(F)C(F)F)CC1. The van der Waals surface area contributed by atoms with Crippen LogP contribution in [0.1, 0.15) is 13.8 Å². The van der Waals surface area contributed by atoms with E-state index in [2.05, 4.69) is 0 Å². The van der Waals surface area contributed by atoms with Crippen LogP contribution in [0.3, 0.4) is 0 Å². The van der Waals surface area contributed by atoms with Gasteiger partial charge in [-0.25, -0.2) is 8.78 Å². The maximum atomic E-state index is 12.8. The molecule has 17 heavy (non-hydrogen) atoms. The van der Waals surface area contributed by atoms with Gasteiger partial charge in [0.1, 0.15) is 0 Å². The van der Waals surface area contributed by atoms with E-state index in [9.17, 15) is 22.4 Å². The Bertz CT molecular complexity index is 275. The summed E-state index contributed by atoms with van der Waals surface area (Å²) >= 11 is 0. The van der Waals surface area contributed by atoms with Gasteiger partial charge >= 0.3 is 12.3 Å². The molecule has 7 heteroatoms. The third-order valence-corrected chi connectivity index (χ3v) is 2.89. The lowest BCUT2D eigenvalue weighted by Gasteiger charge is -2.37. The van der Waals surface area contributed by atoms with Crippen molar-refractivity contribution in [3.63, 3.8) is 0 Å². The molecule has 0 aliphatic carbocycles. The van der Waals surface area contributed by atoms with Gasteiger partial charge in [0.05, 0.1) is 0 Å². The van der Waals surface area contributed by atoms with Crippen molar-refractivity contribution in [2.75, 3.05) is 26.2 Å². The van der Waals surface area contributed by atoms with Crippen LogP contribution >= 0.6 is 0 Å². The molecule has 1 saturated heterocycles. The molecule has 0 bridgehead atoms. The minimum Gasteiger partial charge on any atom is -0.335 e. The summed E-state index contributed by atoms with van der Waals surface area (Å²) in [5, 5.41) is 0. The largest absolute Gasteiger partial charge is 0.383 e. The van der Waals surface area contributed by atoms with Crippen LogP contribution < -0.4 is 0 Å². The Kier molecular flexibility index (Phi) is 4.35. The smallest absolute Gasteiger partial charge is 0.335 e. The van der Waals surface area contributed by atoms with E-state index >= 15 is 0 Å². The van der Waals surface area contributed by atoms with E-state index in [1.807, 2.05) is 18.7 Å². The van der Waals surface area contributed by atoms with Crippen LogP contribution in [-0.4, -0.2) is 60.3 Å². The molecular formula is C10H16F4N2O. The third kappa shape index (κ3) is 3.08. The lowest BCUT2D eigenvalue weighted by atomic mass is 10.2. The molecule has 1 aliphatic rings. The quantitative estimate of drug-likeness (QED) is 0.713. The van der Waals surface area contributed by atoms with Gasteiger partial charge in [-0.2, -0.15) is 8.78 Å². The molecule has 1 amide bonds. The van der Waals surface area contributed by atoms with Gasteiger partial charge in [0.15, 0.2) is 0 Å². The average Bonchev–Trinajstić information content (AvgIpc) is 2.27. The molecule has 1 fully saturated rings. The number of hydrogen-bond donors (Lipinski definition) is 0. The van der Waals surface area contributed by atoms with E-state index in [0.717, 1.165) is 4.90 Å². The lowest BCUT2D eigenvalue weighted by molar-refractivity contribution is -0.182. The molecule has 0 atom stereocenters. The number of carbonyl (C=O) groups excluding carboxylic acids is 1. The van der Waals surface area contributed by atoms with Gasteiger partial charge < -0.3 is 4.90 Å². The number of nitrogens with zero attached hydrogens (tertiary/aromatic N) is 2. The fraction of sp³-hybridized carbons (Fsp3) is 0.900. The highest BCUT2D eigenvalue weighted by Gasteiger charge is 2.51. The number of piperazine rings is 1. The summed E-state index contributed by atoms with van der Waals surface area (Å²) in [7, 11) is 0. The Morgan fingerprint density at radius 2 is 1.59 bits per heavy atom. The summed E-state index contributed by atoms with van der Waals surface area (Å²) in [4.78, 5) is 14.0. The number of amides is 1. The van der Waals surface area contributed by atoms with Crippen LogP contribution in [0.25, 0.3) is 0 Å². The van der Waals surface area contributed by atoms with Crippen molar-refractivity contribution in [3.05, 3.63) is 0 Å². The summed E-state index contributed by atoms with van der Waals surface area (Å²) in [5.41, 5.74) is 0. The van der Waals surface area contributed by atoms with Crippen molar-refractivity contribution in [3.8, 4) is 0 Å². The van der Waals surface area contributed by atoms with Gasteiger partial charge in [0.2, 0.25) is 0 Å². The van der Waals surface area contributed by atoms with Crippen molar-refractivity contribution in [2.24, 2.45) is 0 Å². The second-order valence-electron chi connectivity index (χ2n) is 4.35. The number of rotatable bonds is 3. The highest BCUT2D eigenvalue weighted by atomic mass is 19.3. The second-order valence-corrected chi connectivity index (χ2v) is 4.35. The zero-order chi connectivity index (χ0) is 13.2. The van der Waals surface area contributed by atoms with E-state index < -0.39 is 18.3 Å². The minimum absolute atomic E-state index is 0.0688. The highest BCUT2D eigenvalue weighted by molar-refractivity contribution is 5.84. The topological polar surface area (TPSA) is 23.6 Å².